The summed E-state index contributed by atoms with van der Waals surface area (Å²) in [6, 6.07) is 13.9. The molecule has 3 aromatic rings. The zero-order valence-corrected chi connectivity index (χ0v) is 18.6. The Morgan fingerprint density at radius 1 is 0.677 bits per heavy atom. The minimum absolute atomic E-state index is 0.0647. The molecule has 3 rings (SSSR count). The Kier molecular flexibility index (Phi) is 6.46. The largest absolute Gasteiger partial charge is 0.478 e. The first-order chi connectivity index (χ1) is 14.5. The molecule has 3 aromatic carbocycles. The fourth-order valence-electron chi connectivity index (χ4n) is 2.49. The van der Waals surface area contributed by atoms with Crippen molar-refractivity contribution < 1.29 is 26.7 Å². The van der Waals surface area contributed by atoms with E-state index in [0.29, 0.717) is 5.02 Å². The standard InChI is InChI=1S/C19H14Cl2N2O6S2/c20-13-3-8-16(9-4-13)30(26,27)22-17-10-5-14(21)11-18(17)23-31(28,29)15-6-1-12(2-7-15)19(24)25/h1-11,22-23H,(H,24,25). The Morgan fingerprint density at radius 3 is 1.65 bits per heavy atom. The number of sulfonamides is 2. The first kappa shape index (κ1) is 22.9. The summed E-state index contributed by atoms with van der Waals surface area (Å²) in [4.78, 5) is 10.7. The van der Waals surface area contributed by atoms with E-state index in [9.17, 15) is 21.6 Å². The topological polar surface area (TPSA) is 130 Å². The first-order valence-electron chi connectivity index (χ1n) is 8.42. The highest BCUT2D eigenvalue weighted by molar-refractivity contribution is 7.93. The molecule has 0 spiro atoms. The minimum atomic E-state index is -4.17. The SMILES string of the molecule is O=C(O)c1ccc(S(=O)(=O)Nc2cc(Cl)ccc2NS(=O)(=O)c2ccc(Cl)cc2)cc1. The van der Waals surface area contributed by atoms with Gasteiger partial charge in [0, 0.05) is 10.0 Å². The maximum atomic E-state index is 12.7. The highest BCUT2D eigenvalue weighted by Gasteiger charge is 2.20. The van der Waals surface area contributed by atoms with Gasteiger partial charge in [-0.15, -0.1) is 0 Å². The van der Waals surface area contributed by atoms with Crippen LogP contribution in [0.15, 0.2) is 76.5 Å². The van der Waals surface area contributed by atoms with E-state index in [1.165, 1.54) is 42.5 Å². The van der Waals surface area contributed by atoms with E-state index >= 15 is 0 Å². The number of benzene rings is 3. The van der Waals surface area contributed by atoms with Gasteiger partial charge >= 0.3 is 5.97 Å². The Labute approximate surface area is 188 Å². The summed E-state index contributed by atoms with van der Waals surface area (Å²) in [5, 5.41) is 9.46. The molecule has 162 valence electrons. The molecule has 0 atom stereocenters. The van der Waals surface area contributed by atoms with E-state index < -0.39 is 26.0 Å². The second-order valence-corrected chi connectivity index (χ2v) is 10.4. The maximum Gasteiger partial charge on any atom is 0.335 e. The van der Waals surface area contributed by atoms with Gasteiger partial charge in [0.15, 0.2) is 0 Å². The quantitative estimate of drug-likeness (QED) is 0.443. The van der Waals surface area contributed by atoms with Crippen molar-refractivity contribution in [3.05, 3.63) is 82.3 Å². The summed E-state index contributed by atoms with van der Waals surface area (Å²) < 4.78 is 55.4. The lowest BCUT2D eigenvalue weighted by atomic mass is 10.2. The number of rotatable bonds is 7. The highest BCUT2D eigenvalue weighted by atomic mass is 35.5. The molecular formula is C19H14Cl2N2O6S2. The lowest BCUT2D eigenvalue weighted by Gasteiger charge is -2.15. The van der Waals surface area contributed by atoms with Crippen LogP contribution < -0.4 is 9.44 Å². The lowest BCUT2D eigenvalue weighted by Crippen LogP contribution is -2.17. The fraction of sp³-hybridized carbons (Fsp3) is 0. The molecule has 3 N–H and O–H groups in total. The van der Waals surface area contributed by atoms with Crippen LogP contribution in [-0.2, 0) is 20.0 Å². The average Bonchev–Trinajstić information content (AvgIpc) is 2.70. The van der Waals surface area contributed by atoms with Crippen LogP contribution >= 0.6 is 23.2 Å². The van der Waals surface area contributed by atoms with E-state index in [4.69, 9.17) is 28.3 Å². The van der Waals surface area contributed by atoms with Crippen molar-refractivity contribution in [2.24, 2.45) is 0 Å². The molecular weight excluding hydrogens is 487 g/mol. The van der Waals surface area contributed by atoms with Gasteiger partial charge in [-0.2, -0.15) is 0 Å². The van der Waals surface area contributed by atoms with Gasteiger partial charge in [0.05, 0.1) is 26.7 Å². The minimum Gasteiger partial charge on any atom is -0.478 e. The van der Waals surface area contributed by atoms with Crippen molar-refractivity contribution in [2.75, 3.05) is 9.44 Å². The molecule has 8 nitrogen and oxygen atoms in total. The van der Waals surface area contributed by atoms with Gasteiger partial charge in [0.2, 0.25) is 0 Å². The van der Waals surface area contributed by atoms with Crippen LogP contribution in [0.3, 0.4) is 0 Å². The molecule has 0 amide bonds. The average molecular weight is 501 g/mol. The van der Waals surface area contributed by atoms with Gasteiger partial charge in [-0.1, -0.05) is 23.2 Å². The number of carboxylic acid groups (broad SMARTS) is 1. The summed E-state index contributed by atoms with van der Waals surface area (Å²) in [7, 11) is -8.23. The van der Waals surface area contributed by atoms with Gasteiger partial charge < -0.3 is 5.11 Å². The zero-order chi connectivity index (χ0) is 22.8. The summed E-state index contributed by atoms with van der Waals surface area (Å²) in [5.41, 5.74) is -0.268. The smallest absolute Gasteiger partial charge is 0.335 e. The third-order valence-corrected chi connectivity index (χ3v) is 7.26. The van der Waals surface area contributed by atoms with Crippen molar-refractivity contribution in [1.82, 2.24) is 0 Å². The second-order valence-electron chi connectivity index (χ2n) is 6.18. The number of anilines is 2. The van der Waals surface area contributed by atoms with E-state index in [1.807, 2.05) is 0 Å². The van der Waals surface area contributed by atoms with Crippen molar-refractivity contribution in [2.45, 2.75) is 9.79 Å². The third-order valence-electron chi connectivity index (χ3n) is 4.01. The number of aromatic carboxylic acids is 1. The molecule has 0 aliphatic heterocycles. The van der Waals surface area contributed by atoms with Crippen LogP contribution in [0.5, 0.6) is 0 Å². The van der Waals surface area contributed by atoms with Crippen LogP contribution in [0, 0.1) is 0 Å². The predicted octanol–water partition coefficient (Wildman–Crippen LogP) is 4.29. The third kappa shape index (κ3) is 5.47. The zero-order valence-electron chi connectivity index (χ0n) is 15.4. The molecule has 0 fully saturated rings. The van der Waals surface area contributed by atoms with Crippen LogP contribution in [-0.4, -0.2) is 27.9 Å². The number of nitrogens with one attached hydrogen (secondary N) is 2. The summed E-state index contributed by atoms with van der Waals surface area (Å²) in [6.07, 6.45) is 0. The molecule has 0 heterocycles. The Morgan fingerprint density at radius 2 is 1.13 bits per heavy atom. The number of halogens is 2. The maximum absolute atomic E-state index is 12.7. The van der Waals surface area contributed by atoms with Crippen molar-refractivity contribution in [1.29, 1.82) is 0 Å². The molecule has 0 aliphatic carbocycles. The van der Waals surface area contributed by atoms with Gasteiger partial charge in [-0.05, 0) is 66.7 Å². The van der Waals surface area contributed by atoms with Gasteiger partial charge in [-0.25, -0.2) is 21.6 Å². The van der Waals surface area contributed by atoms with Crippen molar-refractivity contribution in [3.63, 3.8) is 0 Å². The summed E-state index contributed by atoms with van der Waals surface area (Å²) >= 11 is 11.7. The molecule has 0 saturated heterocycles. The van der Waals surface area contributed by atoms with Gasteiger partial charge in [0.25, 0.3) is 20.0 Å². The predicted molar refractivity (Wildman–Crippen MR) is 118 cm³/mol. The van der Waals surface area contributed by atoms with Gasteiger partial charge in [0.1, 0.15) is 0 Å². The highest BCUT2D eigenvalue weighted by Crippen LogP contribution is 2.30. The second kappa shape index (κ2) is 8.75. The first-order valence-corrected chi connectivity index (χ1v) is 12.1. The van der Waals surface area contributed by atoms with E-state index in [-0.39, 0.29) is 31.8 Å². The Bertz CT molecular complexity index is 1340. The number of hydrogen-bond acceptors (Lipinski definition) is 5. The van der Waals surface area contributed by atoms with E-state index in [2.05, 4.69) is 9.44 Å². The van der Waals surface area contributed by atoms with Crippen LogP contribution in [0.1, 0.15) is 10.4 Å². The van der Waals surface area contributed by atoms with E-state index in [1.54, 1.807) is 0 Å². The molecule has 12 heteroatoms. The van der Waals surface area contributed by atoms with Crippen LogP contribution in [0.25, 0.3) is 0 Å². The Balaban J connectivity index is 1.94. The molecule has 0 unspecified atom stereocenters. The van der Waals surface area contributed by atoms with Gasteiger partial charge in [-0.3, -0.25) is 9.44 Å². The fourth-order valence-corrected chi connectivity index (χ4v) is 4.94. The molecule has 0 aliphatic rings. The summed E-state index contributed by atoms with van der Waals surface area (Å²) in [5.74, 6) is -1.20. The van der Waals surface area contributed by atoms with Crippen LogP contribution in [0.4, 0.5) is 11.4 Å². The number of hydrogen-bond donors (Lipinski definition) is 3. The molecule has 31 heavy (non-hydrogen) atoms. The van der Waals surface area contributed by atoms with Crippen molar-refractivity contribution >= 4 is 60.6 Å². The Hall–Kier alpha value is -2.79. The lowest BCUT2D eigenvalue weighted by molar-refractivity contribution is 0.0696. The van der Waals surface area contributed by atoms with E-state index in [0.717, 1.165) is 24.3 Å². The molecule has 0 saturated carbocycles. The number of carbonyl (C=O) groups is 1. The summed E-state index contributed by atoms with van der Waals surface area (Å²) in [6.45, 7) is 0. The monoisotopic (exact) mass is 500 g/mol. The molecule has 0 aromatic heterocycles. The van der Waals surface area contributed by atoms with Crippen LogP contribution in [0.2, 0.25) is 10.0 Å². The molecule has 0 bridgehead atoms. The molecule has 0 radical (unpaired) electrons. The van der Waals surface area contributed by atoms with Crippen molar-refractivity contribution in [3.8, 4) is 0 Å². The number of carboxylic acids is 1. The normalized spacial score (nSPS) is 11.7.